The molecule has 0 aliphatic rings. The minimum atomic E-state index is -0.0993. The Morgan fingerprint density at radius 2 is 1.24 bits per heavy atom. The first kappa shape index (κ1) is 13.9. The molecule has 0 radical (unpaired) electrons. The van der Waals surface area contributed by atoms with E-state index in [2.05, 4.69) is 0 Å². The van der Waals surface area contributed by atoms with Gasteiger partial charge in [0, 0.05) is 10.9 Å². The van der Waals surface area contributed by atoms with E-state index in [-0.39, 0.29) is 5.56 Å². The molecule has 5 rings (SSSR count). The van der Waals surface area contributed by atoms with Gasteiger partial charge in [-0.2, -0.15) is 0 Å². The van der Waals surface area contributed by atoms with Gasteiger partial charge in [0.25, 0.3) is 5.56 Å². The summed E-state index contributed by atoms with van der Waals surface area (Å²) in [5, 5.41) is 1.46. The smallest absolute Gasteiger partial charge is 0.267 e. The molecule has 0 saturated heterocycles. The molecule has 4 nitrogen and oxygen atoms in total. The number of hydrogen-bond donors (Lipinski definition) is 0. The Morgan fingerprint density at radius 3 is 2.00 bits per heavy atom. The van der Waals surface area contributed by atoms with Gasteiger partial charge in [-0.25, -0.2) is 14.4 Å². The number of aromatic nitrogens is 3. The molecule has 0 aliphatic heterocycles. The summed E-state index contributed by atoms with van der Waals surface area (Å²) in [5.41, 5.74) is 2.94. The van der Waals surface area contributed by atoms with Crippen LogP contribution in [0.15, 0.2) is 83.7 Å². The number of nitrogens with zero attached hydrogens (tertiary/aromatic N) is 3. The number of benzene rings is 3. The fraction of sp³-hybridized carbons (Fsp3) is 0. The largest absolute Gasteiger partial charge is 0.268 e. The van der Waals surface area contributed by atoms with Crippen LogP contribution in [0.1, 0.15) is 0 Å². The lowest BCUT2D eigenvalue weighted by Gasteiger charge is -2.11. The molecule has 0 N–H and O–H groups in total. The quantitative estimate of drug-likeness (QED) is 0.345. The molecule has 118 valence electrons. The number of rotatable bonds is 1. The second-order valence-electron chi connectivity index (χ2n) is 5.91. The van der Waals surface area contributed by atoms with Crippen molar-refractivity contribution in [2.24, 2.45) is 0 Å². The van der Waals surface area contributed by atoms with E-state index in [1.807, 2.05) is 72.8 Å². The van der Waals surface area contributed by atoms with Crippen LogP contribution in [0.25, 0.3) is 38.8 Å². The average Bonchev–Trinajstić information content (AvgIpc) is 2.68. The van der Waals surface area contributed by atoms with Gasteiger partial charge in [-0.1, -0.05) is 54.6 Å². The van der Waals surface area contributed by atoms with Crippen LogP contribution in [0, 0.1) is 0 Å². The predicted molar refractivity (Wildman–Crippen MR) is 99.7 cm³/mol. The Balaban J connectivity index is 2.09. The van der Waals surface area contributed by atoms with E-state index < -0.39 is 0 Å². The lowest BCUT2D eigenvalue weighted by molar-refractivity contribution is 1.05. The molecule has 2 aromatic heterocycles. The van der Waals surface area contributed by atoms with Gasteiger partial charge in [0.05, 0.1) is 16.4 Å². The number of para-hydroxylation sites is 2. The minimum Gasteiger partial charge on any atom is -0.268 e. The van der Waals surface area contributed by atoms with E-state index >= 15 is 0 Å². The van der Waals surface area contributed by atoms with E-state index in [4.69, 9.17) is 9.97 Å². The third kappa shape index (κ3) is 2.04. The zero-order valence-electron chi connectivity index (χ0n) is 13.3. The lowest BCUT2D eigenvalue weighted by atomic mass is 10.1. The fourth-order valence-corrected chi connectivity index (χ4v) is 3.22. The van der Waals surface area contributed by atoms with E-state index in [1.54, 1.807) is 10.5 Å². The Morgan fingerprint density at radius 1 is 0.640 bits per heavy atom. The Labute approximate surface area is 143 Å². The molecule has 0 unspecified atom stereocenters. The molecule has 0 bridgehead atoms. The first-order valence-electron chi connectivity index (χ1n) is 8.08. The third-order valence-corrected chi connectivity index (χ3v) is 4.39. The summed E-state index contributed by atoms with van der Waals surface area (Å²) in [6.45, 7) is 0. The second kappa shape index (κ2) is 5.24. The summed E-state index contributed by atoms with van der Waals surface area (Å²) >= 11 is 0. The van der Waals surface area contributed by atoms with Crippen molar-refractivity contribution < 1.29 is 0 Å². The monoisotopic (exact) mass is 323 g/mol. The Hall–Kier alpha value is -3.53. The van der Waals surface area contributed by atoms with Crippen molar-refractivity contribution >= 4 is 27.5 Å². The van der Waals surface area contributed by atoms with Crippen LogP contribution in [0.4, 0.5) is 0 Å². The van der Waals surface area contributed by atoms with Gasteiger partial charge in [-0.3, -0.25) is 4.79 Å². The van der Waals surface area contributed by atoms with Crippen LogP contribution in [0.3, 0.4) is 0 Å². The van der Waals surface area contributed by atoms with Crippen molar-refractivity contribution in [3.8, 4) is 11.4 Å². The molecule has 25 heavy (non-hydrogen) atoms. The van der Waals surface area contributed by atoms with Crippen molar-refractivity contribution in [1.29, 1.82) is 0 Å². The molecule has 0 spiro atoms. The molecule has 0 saturated carbocycles. The summed E-state index contributed by atoms with van der Waals surface area (Å²) in [6, 6.07) is 25.0. The Bertz CT molecular complexity index is 1310. The summed E-state index contributed by atoms with van der Waals surface area (Å²) in [4.78, 5) is 22.7. The topological polar surface area (TPSA) is 47.3 Å². The van der Waals surface area contributed by atoms with Gasteiger partial charge in [0.15, 0.2) is 5.65 Å². The lowest BCUT2D eigenvalue weighted by Crippen LogP contribution is -2.18. The first-order chi connectivity index (χ1) is 12.3. The number of hydrogen-bond acceptors (Lipinski definition) is 3. The summed E-state index contributed by atoms with van der Waals surface area (Å²) in [6.07, 6.45) is 0. The molecular weight excluding hydrogens is 310 g/mol. The molecule has 0 aliphatic carbocycles. The van der Waals surface area contributed by atoms with Crippen LogP contribution in [0.5, 0.6) is 0 Å². The van der Waals surface area contributed by atoms with Gasteiger partial charge in [0.2, 0.25) is 0 Å². The molecule has 0 fully saturated rings. The van der Waals surface area contributed by atoms with Crippen molar-refractivity contribution in [2.75, 3.05) is 0 Å². The van der Waals surface area contributed by atoms with E-state index in [0.717, 1.165) is 16.5 Å². The molecular formula is C21H13N3O. The zero-order valence-corrected chi connectivity index (χ0v) is 13.3. The maximum atomic E-state index is 13.2. The van der Waals surface area contributed by atoms with E-state index in [1.165, 1.54) is 0 Å². The van der Waals surface area contributed by atoms with E-state index in [9.17, 15) is 4.79 Å². The summed E-state index contributed by atoms with van der Waals surface area (Å²) in [5.74, 6) is 0.609. The SMILES string of the molecule is O=c1c2ccccc2nc2c3ccccc3nc(-c3ccccc3)n12. The van der Waals surface area contributed by atoms with Gasteiger partial charge >= 0.3 is 0 Å². The Kier molecular flexibility index (Phi) is 2.91. The van der Waals surface area contributed by atoms with E-state index in [0.29, 0.717) is 22.4 Å². The van der Waals surface area contributed by atoms with Gasteiger partial charge in [-0.05, 0) is 24.3 Å². The maximum absolute atomic E-state index is 13.2. The maximum Gasteiger partial charge on any atom is 0.267 e. The minimum absolute atomic E-state index is 0.0993. The highest BCUT2D eigenvalue weighted by Gasteiger charge is 2.14. The van der Waals surface area contributed by atoms with Crippen LogP contribution in [0.2, 0.25) is 0 Å². The van der Waals surface area contributed by atoms with Crippen molar-refractivity contribution in [3.63, 3.8) is 0 Å². The second-order valence-corrected chi connectivity index (χ2v) is 5.91. The normalized spacial score (nSPS) is 11.4. The van der Waals surface area contributed by atoms with Crippen LogP contribution < -0.4 is 5.56 Å². The average molecular weight is 323 g/mol. The highest BCUT2D eigenvalue weighted by Crippen LogP contribution is 2.24. The molecule has 3 aromatic carbocycles. The number of fused-ring (bicyclic) bond motifs is 4. The predicted octanol–water partition coefficient (Wildman–Crippen LogP) is 4.06. The van der Waals surface area contributed by atoms with Crippen molar-refractivity contribution in [1.82, 2.24) is 14.4 Å². The van der Waals surface area contributed by atoms with Gasteiger partial charge in [0.1, 0.15) is 5.82 Å². The molecule has 0 amide bonds. The standard InChI is InChI=1S/C21H13N3O/c25-21-16-11-5-7-13-18(16)23-20-15-10-4-6-12-17(15)22-19(24(20)21)14-8-2-1-3-9-14/h1-13H. The van der Waals surface area contributed by atoms with Crippen LogP contribution in [-0.2, 0) is 0 Å². The molecule has 4 heteroatoms. The van der Waals surface area contributed by atoms with Crippen LogP contribution in [-0.4, -0.2) is 14.4 Å². The third-order valence-electron chi connectivity index (χ3n) is 4.39. The summed E-state index contributed by atoms with van der Waals surface area (Å²) in [7, 11) is 0. The van der Waals surface area contributed by atoms with Gasteiger partial charge < -0.3 is 0 Å². The van der Waals surface area contributed by atoms with Gasteiger partial charge in [-0.15, -0.1) is 0 Å². The summed E-state index contributed by atoms with van der Waals surface area (Å²) < 4.78 is 1.62. The highest BCUT2D eigenvalue weighted by atomic mass is 16.1. The highest BCUT2D eigenvalue weighted by molar-refractivity contribution is 5.95. The molecule has 5 aromatic rings. The van der Waals surface area contributed by atoms with Crippen molar-refractivity contribution in [2.45, 2.75) is 0 Å². The fourth-order valence-electron chi connectivity index (χ4n) is 3.22. The first-order valence-corrected chi connectivity index (χ1v) is 8.08. The molecule has 2 heterocycles. The molecule has 0 atom stereocenters. The van der Waals surface area contributed by atoms with Crippen LogP contribution >= 0.6 is 0 Å². The zero-order chi connectivity index (χ0) is 16.8. The van der Waals surface area contributed by atoms with Crippen molar-refractivity contribution in [3.05, 3.63) is 89.2 Å².